The summed E-state index contributed by atoms with van der Waals surface area (Å²) >= 11 is 1.53. The Kier molecular flexibility index (Phi) is 6.54. The quantitative estimate of drug-likeness (QED) is 0.552. The second kappa shape index (κ2) is 9.27. The zero-order valence-electron chi connectivity index (χ0n) is 15.8. The lowest BCUT2D eigenvalue weighted by molar-refractivity contribution is -0.116. The first-order valence-corrected chi connectivity index (χ1v) is 9.94. The summed E-state index contributed by atoms with van der Waals surface area (Å²) in [6.45, 7) is 1.95. The van der Waals surface area contributed by atoms with E-state index in [0.29, 0.717) is 29.3 Å². The van der Waals surface area contributed by atoms with Crippen LogP contribution >= 0.6 is 11.8 Å². The maximum absolute atomic E-state index is 12.4. The third-order valence-corrected chi connectivity index (χ3v) is 4.97. The number of nitrogens with one attached hydrogen (secondary N) is 2. The first-order chi connectivity index (χ1) is 13.5. The summed E-state index contributed by atoms with van der Waals surface area (Å²) in [6.07, 6.45) is 4.86. The van der Waals surface area contributed by atoms with E-state index in [9.17, 15) is 9.59 Å². The second-order valence-corrected chi connectivity index (χ2v) is 7.15. The number of anilines is 2. The summed E-state index contributed by atoms with van der Waals surface area (Å²) in [6, 6.07) is 10.5. The maximum atomic E-state index is 12.4. The molecular formula is C20H22N4O3S. The highest BCUT2D eigenvalue weighted by Crippen LogP contribution is 2.22. The number of aromatic nitrogens is 2. The van der Waals surface area contributed by atoms with Crippen LogP contribution in [0.4, 0.5) is 11.4 Å². The molecule has 8 heteroatoms. The van der Waals surface area contributed by atoms with Crippen molar-refractivity contribution >= 4 is 35.0 Å². The topological polar surface area (TPSA) is 89.2 Å². The van der Waals surface area contributed by atoms with Crippen molar-refractivity contribution < 1.29 is 14.0 Å². The molecule has 2 amide bonds. The molecule has 2 N–H and O–H groups in total. The Labute approximate surface area is 167 Å². The van der Waals surface area contributed by atoms with Crippen LogP contribution in [0.15, 0.2) is 58.4 Å². The third kappa shape index (κ3) is 5.26. The van der Waals surface area contributed by atoms with E-state index in [0.717, 1.165) is 11.6 Å². The van der Waals surface area contributed by atoms with Gasteiger partial charge in [-0.15, -0.1) is 0 Å². The van der Waals surface area contributed by atoms with E-state index in [-0.39, 0.29) is 17.6 Å². The van der Waals surface area contributed by atoms with E-state index in [2.05, 4.69) is 15.6 Å². The summed E-state index contributed by atoms with van der Waals surface area (Å²) in [5, 5.41) is 6.48. The van der Waals surface area contributed by atoms with Crippen LogP contribution in [0.25, 0.3) is 0 Å². The molecule has 0 atom stereocenters. The highest BCUT2D eigenvalue weighted by Gasteiger charge is 2.13. The fourth-order valence-electron chi connectivity index (χ4n) is 2.52. The standard InChI is InChI=1S/C20H22N4O3S/c1-3-5-18(25)22-14-6-4-7-15(12-14)23-19(26)17-9-8-16(27-17)13-28-20-21-10-11-24(20)2/h4,6-12H,3,5,13H2,1-2H3,(H,22,25)(H,23,26). The lowest BCUT2D eigenvalue weighted by Crippen LogP contribution is -2.13. The van der Waals surface area contributed by atoms with Gasteiger partial charge in [-0.1, -0.05) is 24.8 Å². The lowest BCUT2D eigenvalue weighted by atomic mass is 10.2. The molecule has 0 aliphatic heterocycles. The molecule has 0 fully saturated rings. The van der Waals surface area contributed by atoms with Gasteiger partial charge in [-0.05, 0) is 36.8 Å². The van der Waals surface area contributed by atoms with E-state index in [1.165, 1.54) is 11.8 Å². The number of thioether (sulfide) groups is 1. The minimum Gasteiger partial charge on any atom is -0.455 e. The molecular weight excluding hydrogens is 376 g/mol. The van der Waals surface area contributed by atoms with Gasteiger partial charge in [0.1, 0.15) is 5.76 Å². The summed E-state index contributed by atoms with van der Waals surface area (Å²) in [5.41, 5.74) is 1.22. The van der Waals surface area contributed by atoms with E-state index < -0.39 is 0 Å². The maximum Gasteiger partial charge on any atom is 0.291 e. The Morgan fingerprint density at radius 1 is 1.18 bits per heavy atom. The van der Waals surface area contributed by atoms with E-state index in [4.69, 9.17) is 4.42 Å². The molecule has 0 aliphatic carbocycles. The summed E-state index contributed by atoms with van der Waals surface area (Å²) < 4.78 is 7.57. The highest BCUT2D eigenvalue weighted by molar-refractivity contribution is 7.98. The van der Waals surface area contributed by atoms with Crippen molar-refractivity contribution in [1.29, 1.82) is 0 Å². The summed E-state index contributed by atoms with van der Waals surface area (Å²) in [4.78, 5) is 28.4. The smallest absolute Gasteiger partial charge is 0.291 e. The zero-order chi connectivity index (χ0) is 19.9. The van der Waals surface area contributed by atoms with Crippen molar-refractivity contribution in [3.05, 3.63) is 60.3 Å². The van der Waals surface area contributed by atoms with Gasteiger partial charge in [-0.25, -0.2) is 4.98 Å². The molecule has 0 aliphatic rings. The van der Waals surface area contributed by atoms with Crippen molar-refractivity contribution in [2.24, 2.45) is 7.05 Å². The highest BCUT2D eigenvalue weighted by atomic mass is 32.2. The molecule has 2 aromatic heterocycles. The van der Waals surface area contributed by atoms with Crippen LogP contribution in [0.5, 0.6) is 0 Å². The fraction of sp³-hybridized carbons (Fsp3) is 0.250. The minimum atomic E-state index is -0.342. The fourth-order valence-corrected chi connectivity index (χ4v) is 3.35. The largest absolute Gasteiger partial charge is 0.455 e. The first kappa shape index (κ1) is 19.8. The van der Waals surface area contributed by atoms with Crippen LogP contribution in [-0.2, 0) is 17.6 Å². The molecule has 0 unspecified atom stereocenters. The number of carbonyl (C=O) groups is 2. The van der Waals surface area contributed by atoms with Gasteiger partial charge >= 0.3 is 0 Å². The van der Waals surface area contributed by atoms with Crippen molar-refractivity contribution in [3.8, 4) is 0 Å². The zero-order valence-corrected chi connectivity index (χ0v) is 16.6. The number of hydrogen-bond acceptors (Lipinski definition) is 5. The van der Waals surface area contributed by atoms with E-state index >= 15 is 0 Å². The molecule has 0 spiro atoms. The summed E-state index contributed by atoms with van der Waals surface area (Å²) in [7, 11) is 1.93. The van der Waals surface area contributed by atoms with Gasteiger partial charge < -0.3 is 19.6 Å². The van der Waals surface area contributed by atoms with Gasteiger partial charge in [0.15, 0.2) is 10.9 Å². The van der Waals surface area contributed by atoms with Crippen molar-refractivity contribution in [3.63, 3.8) is 0 Å². The molecule has 0 bridgehead atoms. The molecule has 0 saturated heterocycles. The van der Waals surface area contributed by atoms with Gasteiger partial charge in [0, 0.05) is 37.2 Å². The van der Waals surface area contributed by atoms with Crippen molar-refractivity contribution in [1.82, 2.24) is 9.55 Å². The molecule has 0 saturated carbocycles. The number of furan rings is 1. The Hall–Kier alpha value is -3.00. The molecule has 146 valence electrons. The van der Waals surface area contributed by atoms with Gasteiger partial charge in [0.25, 0.3) is 5.91 Å². The molecule has 3 rings (SSSR count). The number of carbonyl (C=O) groups excluding carboxylic acids is 2. The molecule has 3 aromatic rings. The van der Waals surface area contributed by atoms with Gasteiger partial charge in [0.2, 0.25) is 5.91 Å². The predicted molar refractivity (Wildman–Crippen MR) is 109 cm³/mol. The number of nitrogens with zero attached hydrogens (tertiary/aromatic N) is 2. The monoisotopic (exact) mass is 398 g/mol. The first-order valence-electron chi connectivity index (χ1n) is 8.95. The lowest BCUT2D eigenvalue weighted by Gasteiger charge is -2.08. The van der Waals surface area contributed by atoms with Crippen LogP contribution in [-0.4, -0.2) is 21.4 Å². The molecule has 2 heterocycles. The minimum absolute atomic E-state index is 0.0492. The Bertz CT molecular complexity index is 964. The van der Waals surface area contributed by atoms with E-state index in [1.54, 1.807) is 42.6 Å². The van der Waals surface area contributed by atoms with Crippen molar-refractivity contribution in [2.45, 2.75) is 30.7 Å². The van der Waals surface area contributed by atoms with Crippen LogP contribution in [0.2, 0.25) is 0 Å². The predicted octanol–water partition coefficient (Wildman–Crippen LogP) is 4.30. The number of imidazole rings is 1. The number of rotatable bonds is 8. The number of aryl methyl sites for hydroxylation is 1. The SMILES string of the molecule is CCCC(=O)Nc1cccc(NC(=O)c2ccc(CSc3nccn3C)o2)c1. The average Bonchev–Trinajstić information content (AvgIpc) is 3.29. The molecule has 7 nitrogen and oxygen atoms in total. The molecule has 1 aromatic carbocycles. The van der Waals surface area contributed by atoms with Crippen LogP contribution in [0.1, 0.15) is 36.1 Å². The molecule has 28 heavy (non-hydrogen) atoms. The summed E-state index contributed by atoms with van der Waals surface area (Å²) in [5.74, 6) is 1.11. The Morgan fingerprint density at radius 3 is 2.68 bits per heavy atom. The van der Waals surface area contributed by atoms with Gasteiger partial charge in [0.05, 0.1) is 5.75 Å². The third-order valence-electron chi connectivity index (χ3n) is 3.89. The molecule has 0 radical (unpaired) electrons. The van der Waals surface area contributed by atoms with Crippen molar-refractivity contribution in [2.75, 3.05) is 10.6 Å². The number of amides is 2. The average molecular weight is 398 g/mol. The number of hydrogen-bond donors (Lipinski definition) is 2. The van der Waals surface area contributed by atoms with Crippen LogP contribution in [0.3, 0.4) is 0 Å². The van der Waals surface area contributed by atoms with E-state index in [1.807, 2.05) is 24.7 Å². The Balaban J connectivity index is 1.58. The number of benzene rings is 1. The van der Waals surface area contributed by atoms with Crippen LogP contribution in [0, 0.1) is 0 Å². The van der Waals surface area contributed by atoms with Crippen LogP contribution < -0.4 is 10.6 Å². The van der Waals surface area contributed by atoms with Gasteiger partial charge in [-0.2, -0.15) is 0 Å². The van der Waals surface area contributed by atoms with Gasteiger partial charge in [-0.3, -0.25) is 9.59 Å². The second-order valence-electron chi connectivity index (χ2n) is 6.21. The normalized spacial score (nSPS) is 10.6. The Morgan fingerprint density at radius 2 is 1.96 bits per heavy atom.